The number of hydrogen-bond acceptors (Lipinski definition) is 5. The van der Waals surface area contributed by atoms with Gasteiger partial charge >= 0.3 is 0 Å². The minimum atomic E-state index is -2.17. The van der Waals surface area contributed by atoms with Crippen LogP contribution < -0.4 is 23.1 Å². The average molecular weight is 610 g/mol. The summed E-state index contributed by atoms with van der Waals surface area (Å²) < 4.78 is 31.3. The molecule has 2 aromatic rings. The molecule has 0 aliphatic heterocycles. The Morgan fingerprint density at radius 3 is 1.54 bits per heavy atom. The molecule has 206 valence electrons. The summed E-state index contributed by atoms with van der Waals surface area (Å²) in [6.07, 6.45) is 4.09. The molecule has 0 atom stereocenters. The number of benzene rings is 2. The molecule has 0 N–H and O–H groups in total. The molecule has 0 spiro atoms. The summed E-state index contributed by atoms with van der Waals surface area (Å²) in [7, 11) is 0.552. The van der Waals surface area contributed by atoms with Gasteiger partial charge in [0, 0.05) is 10.0 Å². The van der Waals surface area contributed by atoms with E-state index in [0.29, 0.717) is 17.2 Å². The second-order valence-electron chi connectivity index (χ2n) is 12.3. The zero-order valence-corrected chi connectivity index (χ0v) is 28.5. The standard InChI is InChI=1S/C29H45BrO5Si2/c1-28(2,3)36(10,11)34-25-19-22(30)18-21(26(25)35-37(12,13)29(4,5)6)15-14-20-16-23(31-7)27(33-9)24(17-20)32-8/h14-19H,1-13H3. The number of hydrogen-bond donors (Lipinski definition) is 0. The van der Waals surface area contributed by atoms with Crippen molar-refractivity contribution < 1.29 is 23.1 Å². The van der Waals surface area contributed by atoms with Gasteiger partial charge in [-0.1, -0.05) is 69.6 Å². The number of halogens is 1. The van der Waals surface area contributed by atoms with Gasteiger partial charge in [-0.05, 0) is 66.1 Å². The summed E-state index contributed by atoms with van der Waals surface area (Å²) in [4.78, 5) is 0. The normalized spacial score (nSPS) is 13.0. The molecule has 0 unspecified atom stereocenters. The van der Waals surface area contributed by atoms with Crippen molar-refractivity contribution in [3.8, 4) is 28.7 Å². The van der Waals surface area contributed by atoms with E-state index in [0.717, 1.165) is 27.1 Å². The Morgan fingerprint density at radius 2 is 1.11 bits per heavy atom. The highest BCUT2D eigenvalue weighted by Gasteiger charge is 2.42. The molecule has 8 heteroatoms. The quantitative estimate of drug-likeness (QED) is 0.209. The smallest absolute Gasteiger partial charge is 0.250 e. The van der Waals surface area contributed by atoms with E-state index in [2.05, 4.69) is 95.8 Å². The van der Waals surface area contributed by atoms with Crippen LogP contribution in [0.1, 0.15) is 52.7 Å². The molecular weight excluding hydrogens is 564 g/mol. The molecule has 2 aromatic carbocycles. The molecule has 0 aliphatic rings. The van der Waals surface area contributed by atoms with Crippen molar-refractivity contribution >= 4 is 44.7 Å². The highest BCUT2D eigenvalue weighted by atomic mass is 79.9. The molecule has 37 heavy (non-hydrogen) atoms. The first-order valence-electron chi connectivity index (χ1n) is 12.6. The van der Waals surface area contributed by atoms with Crippen LogP contribution in [0.25, 0.3) is 12.2 Å². The second-order valence-corrected chi connectivity index (χ2v) is 22.7. The molecular formula is C29H45BrO5Si2. The van der Waals surface area contributed by atoms with Gasteiger partial charge in [-0.2, -0.15) is 0 Å². The predicted octanol–water partition coefficient (Wildman–Crippen LogP) is 9.41. The Bertz CT molecular complexity index is 1100. The molecule has 0 aromatic heterocycles. The zero-order chi connectivity index (χ0) is 28.4. The zero-order valence-electron chi connectivity index (χ0n) is 24.9. The highest BCUT2D eigenvalue weighted by Crippen LogP contribution is 2.46. The van der Waals surface area contributed by atoms with Gasteiger partial charge in [0.15, 0.2) is 17.2 Å². The third-order valence-electron chi connectivity index (χ3n) is 7.53. The first-order valence-corrected chi connectivity index (χ1v) is 19.2. The van der Waals surface area contributed by atoms with Crippen LogP contribution >= 0.6 is 15.9 Å². The maximum Gasteiger partial charge on any atom is 0.250 e. The van der Waals surface area contributed by atoms with Crippen molar-refractivity contribution in [2.45, 2.75) is 77.8 Å². The lowest BCUT2D eigenvalue weighted by atomic mass is 10.1. The molecule has 5 nitrogen and oxygen atoms in total. The van der Waals surface area contributed by atoms with E-state index in [1.54, 1.807) is 21.3 Å². The summed E-state index contributed by atoms with van der Waals surface area (Å²) in [6.45, 7) is 22.5. The summed E-state index contributed by atoms with van der Waals surface area (Å²) >= 11 is 3.72. The average Bonchev–Trinajstić information content (AvgIpc) is 2.76. The van der Waals surface area contributed by atoms with Crippen LogP contribution in [0.2, 0.25) is 36.3 Å². The third-order valence-corrected chi connectivity index (χ3v) is 16.7. The summed E-state index contributed by atoms with van der Waals surface area (Å²) in [5.41, 5.74) is 1.86. The fraction of sp³-hybridized carbons (Fsp3) is 0.517. The summed E-state index contributed by atoms with van der Waals surface area (Å²) in [6, 6.07) is 7.98. The largest absolute Gasteiger partial charge is 0.541 e. The Kier molecular flexibility index (Phi) is 9.69. The molecule has 0 saturated heterocycles. The van der Waals surface area contributed by atoms with Gasteiger partial charge < -0.3 is 23.1 Å². The molecule has 0 amide bonds. The maximum absolute atomic E-state index is 6.95. The van der Waals surface area contributed by atoms with Gasteiger partial charge in [-0.3, -0.25) is 0 Å². The highest BCUT2D eigenvalue weighted by molar-refractivity contribution is 9.10. The lowest BCUT2D eigenvalue weighted by Gasteiger charge is -2.40. The van der Waals surface area contributed by atoms with E-state index in [1.807, 2.05) is 24.3 Å². The van der Waals surface area contributed by atoms with Gasteiger partial charge in [-0.15, -0.1) is 0 Å². The van der Waals surface area contributed by atoms with Crippen LogP contribution in [-0.2, 0) is 0 Å². The predicted molar refractivity (Wildman–Crippen MR) is 165 cm³/mol. The minimum Gasteiger partial charge on any atom is -0.541 e. The molecule has 2 rings (SSSR count). The lowest BCUT2D eigenvalue weighted by molar-refractivity contribution is 0.324. The van der Waals surface area contributed by atoms with Gasteiger partial charge in [-0.25, -0.2) is 0 Å². The summed E-state index contributed by atoms with van der Waals surface area (Å²) in [5.74, 6) is 3.36. The Hall–Kier alpha value is -1.91. The molecule has 0 bridgehead atoms. The minimum absolute atomic E-state index is 0.0337. The Morgan fingerprint density at radius 1 is 0.622 bits per heavy atom. The number of methoxy groups -OCH3 is 3. The number of rotatable bonds is 9. The van der Waals surface area contributed by atoms with E-state index in [4.69, 9.17) is 23.1 Å². The van der Waals surface area contributed by atoms with Crippen LogP contribution in [0.4, 0.5) is 0 Å². The molecule has 0 heterocycles. The van der Waals surface area contributed by atoms with Crippen LogP contribution in [-0.4, -0.2) is 38.0 Å². The Balaban J connectivity index is 2.72. The number of ether oxygens (including phenoxy) is 3. The SMILES string of the molecule is COc1cc(C=Cc2cc(Br)cc(O[Si](C)(C)C(C)(C)C)c2O[Si](C)(C)C(C)(C)C)cc(OC)c1OC. The lowest BCUT2D eigenvalue weighted by Crippen LogP contribution is -2.46. The first-order chi connectivity index (χ1) is 16.9. The van der Waals surface area contributed by atoms with Crippen molar-refractivity contribution in [3.05, 3.63) is 39.9 Å². The van der Waals surface area contributed by atoms with E-state index < -0.39 is 16.6 Å². The van der Waals surface area contributed by atoms with E-state index in [9.17, 15) is 0 Å². The topological polar surface area (TPSA) is 46.2 Å². The molecule has 0 radical (unpaired) electrons. The van der Waals surface area contributed by atoms with E-state index in [1.165, 1.54) is 0 Å². The van der Waals surface area contributed by atoms with Crippen molar-refractivity contribution in [2.24, 2.45) is 0 Å². The second kappa shape index (κ2) is 11.5. The third kappa shape index (κ3) is 7.36. The summed E-state index contributed by atoms with van der Waals surface area (Å²) in [5, 5.41) is 0.0851. The monoisotopic (exact) mass is 608 g/mol. The Labute approximate surface area is 234 Å². The van der Waals surface area contributed by atoms with Crippen LogP contribution in [0, 0.1) is 0 Å². The maximum atomic E-state index is 6.95. The molecule has 0 aliphatic carbocycles. The van der Waals surface area contributed by atoms with Crippen LogP contribution in [0.15, 0.2) is 28.7 Å². The van der Waals surface area contributed by atoms with Crippen molar-refractivity contribution in [2.75, 3.05) is 21.3 Å². The van der Waals surface area contributed by atoms with E-state index >= 15 is 0 Å². The van der Waals surface area contributed by atoms with Crippen molar-refractivity contribution in [1.82, 2.24) is 0 Å². The van der Waals surface area contributed by atoms with Gasteiger partial charge in [0.25, 0.3) is 16.6 Å². The van der Waals surface area contributed by atoms with Crippen LogP contribution in [0.3, 0.4) is 0 Å². The van der Waals surface area contributed by atoms with E-state index in [-0.39, 0.29) is 10.1 Å². The first kappa shape index (κ1) is 31.3. The van der Waals surface area contributed by atoms with Crippen molar-refractivity contribution in [1.29, 1.82) is 0 Å². The van der Waals surface area contributed by atoms with Gasteiger partial charge in [0.2, 0.25) is 5.75 Å². The van der Waals surface area contributed by atoms with Gasteiger partial charge in [0.1, 0.15) is 5.75 Å². The van der Waals surface area contributed by atoms with Crippen molar-refractivity contribution in [3.63, 3.8) is 0 Å². The fourth-order valence-electron chi connectivity index (χ4n) is 3.12. The van der Waals surface area contributed by atoms with Gasteiger partial charge in [0.05, 0.1) is 21.3 Å². The molecule has 0 saturated carbocycles. The fourth-order valence-corrected chi connectivity index (χ4v) is 5.61. The molecule has 0 fully saturated rings. The van der Waals surface area contributed by atoms with Crippen LogP contribution in [0.5, 0.6) is 28.7 Å².